The van der Waals surface area contributed by atoms with Gasteiger partial charge in [0.15, 0.2) is 5.65 Å². The second-order valence-electron chi connectivity index (χ2n) is 6.09. The highest BCUT2D eigenvalue weighted by Crippen LogP contribution is 2.39. The first-order valence-electron chi connectivity index (χ1n) is 8.05. The second kappa shape index (κ2) is 5.58. The molecule has 0 saturated heterocycles. The first-order chi connectivity index (χ1) is 12.2. The van der Waals surface area contributed by atoms with E-state index in [9.17, 15) is 0 Å². The van der Waals surface area contributed by atoms with Crippen LogP contribution in [-0.4, -0.2) is 24.1 Å². The number of fused-ring (bicyclic) bond motifs is 2. The maximum atomic E-state index is 6.46. The van der Waals surface area contributed by atoms with E-state index in [2.05, 4.69) is 20.7 Å². The van der Waals surface area contributed by atoms with Crippen molar-refractivity contribution in [3.63, 3.8) is 0 Å². The number of halogens is 2. The Balaban J connectivity index is 1.79. The van der Waals surface area contributed by atoms with Crippen molar-refractivity contribution in [1.29, 1.82) is 0 Å². The molecule has 0 radical (unpaired) electrons. The molecule has 1 aliphatic heterocycles. The summed E-state index contributed by atoms with van der Waals surface area (Å²) in [6, 6.07) is 9.49. The maximum absolute atomic E-state index is 6.46. The fourth-order valence-corrected chi connectivity index (χ4v) is 3.82. The Kier molecular flexibility index (Phi) is 3.33. The van der Waals surface area contributed by atoms with Crippen LogP contribution in [0.2, 0.25) is 10.0 Å². The summed E-state index contributed by atoms with van der Waals surface area (Å²) in [7, 11) is 0. The van der Waals surface area contributed by atoms with Crippen LogP contribution in [0.4, 0.5) is 0 Å². The third-order valence-corrected chi connectivity index (χ3v) is 5.12. The van der Waals surface area contributed by atoms with Gasteiger partial charge in [-0.3, -0.25) is 0 Å². The van der Waals surface area contributed by atoms with Gasteiger partial charge in [0.2, 0.25) is 0 Å². The van der Waals surface area contributed by atoms with Gasteiger partial charge in [-0.05, 0) is 36.8 Å². The molecule has 0 aliphatic carbocycles. The van der Waals surface area contributed by atoms with Crippen molar-refractivity contribution in [3.8, 4) is 22.5 Å². The van der Waals surface area contributed by atoms with E-state index in [0.717, 1.165) is 53.4 Å². The zero-order valence-electron chi connectivity index (χ0n) is 13.2. The van der Waals surface area contributed by atoms with Crippen LogP contribution in [0.3, 0.4) is 0 Å². The normalized spacial score (nSPS) is 13.5. The van der Waals surface area contributed by atoms with Gasteiger partial charge in [-0.25, -0.2) is 14.5 Å². The highest BCUT2D eigenvalue weighted by molar-refractivity contribution is 6.35. The predicted molar refractivity (Wildman–Crippen MR) is 98.0 cm³/mol. The molecular weight excluding hydrogens is 357 g/mol. The summed E-state index contributed by atoms with van der Waals surface area (Å²) >= 11 is 12.7. The number of aryl methyl sites for hydroxylation is 1. The topological polar surface area (TPSA) is 48.0 Å². The molecule has 0 unspecified atom stereocenters. The molecule has 1 aromatic carbocycles. The SMILES string of the molecule is Clc1ccc(Cl)c(-c2nc3n(c2-c2ccc4ncnn4c2)CCC3)c1. The number of hydrogen-bond donors (Lipinski definition) is 0. The number of rotatable bonds is 2. The standard InChI is InChI=1S/C18H13Cl2N5/c19-12-4-5-14(20)13(8-12)17-18(24-7-1-2-16(24)23-17)11-3-6-15-21-10-22-25(15)9-11/h3-6,8-10H,1-2,7H2. The van der Waals surface area contributed by atoms with E-state index >= 15 is 0 Å². The quantitative estimate of drug-likeness (QED) is 0.522. The average Bonchev–Trinajstić information content (AvgIpc) is 3.30. The minimum absolute atomic E-state index is 0.643. The predicted octanol–water partition coefficient (Wildman–Crippen LogP) is 4.51. The highest BCUT2D eigenvalue weighted by Gasteiger charge is 2.24. The van der Waals surface area contributed by atoms with Crippen LogP contribution in [0.15, 0.2) is 42.9 Å². The van der Waals surface area contributed by atoms with Crippen LogP contribution in [-0.2, 0) is 13.0 Å². The minimum atomic E-state index is 0.643. The zero-order valence-corrected chi connectivity index (χ0v) is 14.7. The van der Waals surface area contributed by atoms with Crippen LogP contribution in [0.5, 0.6) is 0 Å². The van der Waals surface area contributed by atoms with Crippen molar-refractivity contribution in [2.24, 2.45) is 0 Å². The van der Waals surface area contributed by atoms with Crippen LogP contribution in [0, 0.1) is 0 Å². The van der Waals surface area contributed by atoms with E-state index in [0.29, 0.717) is 10.0 Å². The summed E-state index contributed by atoms with van der Waals surface area (Å²) in [6.07, 6.45) is 5.60. The van der Waals surface area contributed by atoms with Gasteiger partial charge in [-0.1, -0.05) is 23.2 Å². The molecule has 3 aromatic heterocycles. The van der Waals surface area contributed by atoms with E-state index in [-0.39, 0.29) is 0 Å². The molecule has 0 saturated carbocycles. The fraction of sp³-hybridized carbons (Fsp3) is 0.167. The van der Waals surface area contributed by atoms with Gasteiger partial charge in [0, 0.05) is 35.3 Å². The average molecular weight is 370 g/mol. The van der Waals surface area contributed by atoms with Crippen molar-refractivity contribution < 1.29 is 0 Å². The largest absolute Gasteiger partial charge is 0.327 e. The van der Waals surface area contributed by atoms with Gasteiger partial charge in [0.25, 0.3) is 0 Å². The fourth-order valence-electron chi connectivity index (χ4n) is 3.44. The molecule has 124 valence electrons. The lowest BCUT2D eigenvalue weighted by Gasteiger charge is -2.10. The third kappa shape index (κ3) is 2.34. The van der Waals surface area contributed by atoms with E-state index in [4.69, 9.17) is 28.2 Å². The molecule has 0 amide bonds. The van der Waals surface area contributed by atoms with Crippen molar-refractivity contribution in [1.82, 2.24) is 24.1 Å². The van der Waals surface area contributed by atoms with Crippen LogP contribution >= 0.6 is 23.2 Å². The van der Waals surface area contributed by atoms with Crippen molar-refractivity contribution >= 4 is 28.8 Å². The molecule has 25 heavy (non-hydrogen) atoms. The monoisotopic (exact) mass is 369 g/mol. The molecule has 0 bridgehead atoms. The van der Waals surface area contributed by atoms with Gasteiger partial charge in [-0.15, -0.1) is 0 Å². The lowest BCUT2D eigenvalue weighted by molar-refractivity contribution is 0.755. The van der Waals surface area contributed by atoms with Crippen LogP contribution < -0.4 is 0 Å². The summed E-state index contributed by atoms with van der Waals surface area (Å²) in [6.45, 7) is 0.950. The van der Waals surface area contributed by atoms with Crippen molar-refractivity contribution in [2.75, 3.05) is 0 Å². The molecule has 7 heteroatoms. The van der Waals surface area contributed by atoms with Crippen molar-refractivity contribution in [3.05, 3.63) is 58.7 Å². The van der Waals surface area contributed by atoms with Gasteiger partial charge in [0.1, 0.15) is 12.2 Å². The van der Waals surface area contributed by atoms with E-state index in [1.807, 2.05) is 24.4 Å². The lowest BCUT2D eigenvalue weighted by atomic mass is 10.1. The molecule has 4 aromatic rings. The Morgan fingerprint density at radius 2 is 2.00 bits per heavy atom. The van der Waals surface area contributed by atoms with Crippen molar-refractivity contribution in [2.45, 2.75) is 19.4 Å². The summed E-state index contributed by atoms with van der Waals surface area (Å²) in [5.74, 6) is 1.08. The molecule has 5 rings (SSSR count). The highest BCUT2D eigenvalue weighted by atomic mass is 35.5. The van der Waals surface area contributed by atoms with Crippen LogP contribution in [0.1, 0.15) is 12.2 Å². The van der Waals surface area contributed by atoms with Gasteiger partial charge >= 0.3 is 0 Å². The van der Waals surface area contributed by atoms with E-state index in [1.165, 1.54) is 0 Å². The summed E-state index contributed by atoms with van der Waals surface area (Å²) in [5, 5.41) is 5.53. The molecule has 5 nitrogen and oxygen atoms in total. The lowest BCUT2D eigenvalue weighted by Crippen LogP contribution is -1.98. The Morgan fingerprint density at radius 3 is 2.92 bits per heavy atom. The molecule has 0 N–H and O–H groups in total. The molecule has 4 heterocycles. The Hall–Kier alpha value is -2.37. The number of imidazole rings is 1. The number of aromatic nitrogens is 5. The van der Waals surface area contributed by atoms with E-state index in [1.54, 1.807) is 16.9 Å². The molecular formula is C18H13Cl2N5. The Morgan fingerprint density at radius 1 is 1.08 bits per heavy atom. The van der Waals surface area contributed by atoms with Gasteiger partial charge in [-0.2, -0.15) is 5.10 Å². The van der Waals surface area contributed by atoms with Gasteiger partial charge in [0.05, 0.1) is 16.4 Å². The zero-order chi connectivity index (χ0) is 17.0. The minimum Gasteiger partial charge on any atom is -0.327 e. The Bertz CT molecular complexity index is 1110. The summed E-state index contributed by atoms with van der Waals surface area (Å²) in [4.78, 5) is 9.09. The first kappa shape index (κ1) is 14.9. The first-order valence-corrected chi connectivity index (χ1v) is 8.81. The molecule has 0 fully saturated rings. The Labute approximate surface area is 153 Å². The molecule has 0 spiro atoms. The smallest absolute Gasteiger partial charge is 0.155 e. The maximum Gasteiger partial charge on any atom is 0.155 e. The number of pyridine rings is 1. The number of benzene rings is 1. The van der Waals surface area contributed by atoms with Gasteiger partial charge < -0.3 is 4.57 Å². The summed E-state index contributed by atoms with van der Waals surface area (Å²) in [5.41, 5.74) is 4.61. The third-order valence-electron chi connectivity index (χ3n) is 4.56. The molecule has 1 aliphatic rings. The van der Waals surface area contributed by atoms with E-state index < -0.39 is 0 Å². The van der Waals surface area contributed by atoms with Crippen LogP contribution in [0.25, 0.3) is 28.2 Å². The number of hydrogen-bond acceptors (Lipinski definition) is 3. The summed E-state index contributed by atoms with van der Waals surface area (Å²) < 4.78 is 4.04. The second-order valence-corrected chi connectivity index (χ2v) is 6.93. The molecule has 0 atom stereocenters. The number of nitrogens with zero attached hydrogens (tertiary/aromatic N) is 5.